The molecule has 0 saturated carbocycles. The first-order chi connectivity index (χ1) is 7.39. The highest BCUT2D eigenvalue weighted by molar-refractivity contribution is 6.35. The zero-order valence-corrected chi connectivity index (χ0v) is 9.60. The van der Waals surface area contributed by atoms with E-state index < -0.39 is 11.2 Å². The van der Waals surface area contributed by atoms with Gasteiger partial charge in [0.15, 0.2) is 6.54 Å². The molecule has 0 aromatic carbocycles. The minimum atomic E-state index is -3.89. The predicted octanol–water partition coefficient (Wildman–Crippen LogP) is 2.18. The highest BCUT2D eigenvalue weighted by atomic mass is 35.5. The maximum absolute atomic E-state index is 12.7. The molecule has 2 heterocycles. The van der Waals surface area contributed by atoms with Gasteiger partial charge in [0.05, 0.1) is 5.38 Å². The number of hydrogen-bond acceptors (Lipinski definition) is 3. The van der Waals surface area contributed by atoms with E-state index in [4.69, 9.17) is 23.2 Å². The van der Waals surface area contributed by atoms with Crippen LogP contribution in [-0.4, -0.2) is 28.9 Å². The van der Waals surface area contributed by atoms with Crippen molar-refractivity contribution < 1.29 is 13.6 Å². The molecule has 87 valence electrons. The molecule has 0 N–H and O–H groups in total. The Balaban J connectivity index is 2.18. The molecule has 0 bridgehead atoms. The third-order valence-electron chi connectivity index (χ3n) is 2.49. The molecule has 7 heteroatoms. The van der Waals surface area contributed by atoms with Crippen molar-refractivity contribution in [1.29, 1.82) is 0 Å². The smallest absolute Gasteiger partial charge is 0.279 e. The maximum Gasteiger partial charge on any atom is 0.390 e. The summed E-state index contributed by atoms with van der Waals surface area (Å²) in [5, 5.41) is -4.06. The van der Waals surface area contributed by atoms with Crippen LogP contribution in [0.15, 0.2) is 16.9 Å². The molecule has 1 fully saturated rings. The third-order valence-corrected chi connectivity index (χ3v) is 3.02. The molecular weight excluding hydrogens is 261 g/mol. The summed E-state index contributed by atoms with van der Waals surface area (Å²) in [6.45, 7) is 0.310. The normalized spacial score (nSPS) is 26.1. The van der Waals surface area contributed by atoms with Crippen molar-refractivity contribution in [2.45, 2.75) is 23.6 Å². The summed E-state index contributed by atoms with van der Waals surface area (Å²) in [6, 6.07) is 0. The molecule has 2 rings (SSSR count). The Morgan fingerprint density at radius 1 is 1.62 bits per heavy atom. The predicted molar refractivity (Wildman–Crippen MR) is 57.2 cm³/mol. The van der Waals surface area contributed by atoms with Gasteiger partial charge in [0.1, 0.15) is 6.20 Å². The van der Waals surface area contributed by atoms with Crippen LogP contribution < -0.4 is 4.90 Å². The van der Waals surface area contributed by atoms with Gasteiger partial charge in [-0.3, -0.25) is 4.79 Å². The van der Waals surface area contributed by atoms with Crippen LogP contribution in [0, 0.1) is 0 Å². The van der Waals surface area contributed by atoms with Gasteiger partial charge >= 0.3 is 11.2 Å². The summed E-state index contributed by atoms with van der Waals surface area (Å²) in [5.74, 6) is -0.833. The van der Waals surface area contributed by atoms with Crippen molar-refractivity contribution >= 4 is 34.8 Å². The van der Waals surface area contributed by atoms with E-state index in [1.54, 1.807) is 0 Å². The molecule has 1 unspecified atom stereocenters. The fraction of sp³-hybridized carbons (Fsp3) is 0.556. The number of aliphatic imine (C=N–C) groups is 1. The van der Waals surface area contributed by atoms with Crippen LogP contribution in [0.25, 0.3) is 0 Å². The van der Waals surface area contributed by atoms with Crippen molar-refractivity contribution in [2.24, 2.45) is 4.99 Å². The molecule has 2 aliphatic rings. The lowest BCUT2D eigenvalue weighted by molar-refractivity contribution is -0.130. The van der Waals surface area contributed by atoms with E-state index in [1.165, 1.54) is 4.90 Å². The molecule has 1 saturated heterocycles. The molecule has 0 spiro atoms. The minimum Gasteiger partial charge on any atom is -0.279 e. The number of allylic oxidation sites excluding steroid dienone is 1. The third kappa shape index (κ3) is 2.12. The SMILES string of the molecule is O=C(C1=CN=C2CCC(Cl)C[N+]12)C(F)(F)Cl. The highest BCUT2D eigenvalue weighted by Gasteiger charge is 2.50. The average Bonchev–Trinajstić information content (AvgIpc) is 2.57. The second-order valence-electron chi connectivity index (χ2n) is 3.63. The number of Topliss-reactive ketones (excluding diaryl/α,β-unsaturated/α-hetero) is 1. The summed E-state index contributed by atoms with van der Waals surface area (Å²) in [7, 11) is 0. The number of carbonyl (C=O) groups excluding carboxylic acids is 1. The number of carbonyl (C=O) groups is 1. The average molecular weight is 269 g/mol. The summed E-state index contributed by atoms with van der Waals surface area (Å²) in [5.41, 5.74) is -0.180. The number of rotatable bonds is 2. The number of halogens is 4. The molecular formula is C9H8Cl2F2N2O+. The lowest BCUT2D eigenvalue weighted by atomic mass is 10.1. The Morgan fingerprint density at radius 2 is 2.31 bits per heavy atom. The number of fused-ring (bicyclic) bond motifs is 1. The van der Waals surface area contributed by atoms with E-state index in [1.807, 2.05) is 0 Å². The maximum atomic E-state index is 12.7. The Morgan fingerprint density at radius 3 is 2.94 bits per heavy atom. The van der Waals surface area contributed by atoms with E-state index >= 15 is 0 Å². The molecule has 0 amide bonds. The first-order valence-electron chi connectivity index (χ1n) is 4.69. The van der Waals surface area contributed by atoms with Crippen LogP contribution in [0.3, 0.4) is 0 Å². The van der Waals surface area contributed by atoms with E-state index in [-0.39, 0.29) is 11.1 Å². The van der Waals surface area contributed by atoms with Crippen molar-refractivity contribution in [1.82, 2.24) is 4.90 Å². The highest BCUT2D eigenvalue weighted by Crippen LogP contribution is 2.30. The largest absolute Gasteiger partial charge is 0.390 e. The van der Waals surface area contributed by atoms with Crippen molar-refractivity contribution in [3.63, 3.8) is 0 Å². The summed E-state index contributed by atoms with van der Waals surface area (Å²) in [4.78, 5) is 16.7. The molecule has 1 atom stereocenters. The lowest BCUT2D eigenvalue weighted by Crippen LogP contribution is -2.46. The number of amidine groups is 1. The standard InChI is InChI=1S/C9H8Cl2F2N2O/c10-5-1-2-7-14-3-6(15(7)4-5)8(16)9(11,12)13/h3,5H,1-2,4H2/q+1. The van der Waals surface area contributed by atoms with E-state index in [9.17, 15) is 13.6 Å². The topological polar surface area (TPSA) is 35.3 Å². The van der Waals surface area contributed by atoms with Gasteiger partial charge < -0.3 is 0 Å². The Kier molecular flexibility index (Phi) is 3.03. The van der Waals surface area contributed by atoms with Gasteiger partial charge in [-0.15, -0.1) is 11.6 Å². The van der Waals surface area contributed by atoms with Crippen molar-refractivity contribution in [2.75, 3.05) is 6.54 Å². The fourth-order valence-electron chi connectivity index (χ4n) is 1.72. The van der Waals surface area contributed by atoms with Gasteiger partial charge in [-0.2, -0.15) is 13.8 Å². The first-order valence-corrected chi connectivity index (χ1v) is 5.51. The van der Waals surface area contributed by atoms with Crippen LogP contribution in [0.4, 0.5) is 8.78 Å². The molecule has 2 aliphatic heterocycles. The van der Waals surface area contributed by atoms with Crippen LogP contribution in [0.1, 0.15) is 12.8 Å². The van der Waals surface area contributed by atoms with E-state index in [2.05, 4.69) is 4.99 Å². The summed E-state index contributed by atoms with van der Waals surface area (Å²) in [6.07, 6.45) is 2.43. The summed E-state index contributed by atoms with van der Waals surface area (Å²) < 4.78 is 25.4. The van der Waals surface area contributed by atoms with Crippen LogP contribution in [0.2, 0.25) is 0 Å². The quantitative estimate of drug-likeness (QED) is 0.559. The zero-order chi connectivity index (χ0) is 11.9. The van der Waals surface area contributed by atoms with Crippen molar-refractivity contribution in [3.05, 3.63) is 11.9 Å². The second kappa shape index (κ2) is 4.05. The van der Waals surface area contributed by atoms with Crippen molar-refractivity contribution in [3.8, 4) is 0 Å². The van der Waals surface area contributed by atoms with Gasteiger partial charge in [0.2, 0.25) is 0 Å². The van der Waals surface area contributed by atoms with Gasteiger partial charge in [0.25, 0.3) is 11.5 Å². The Bertz CT molecular complexity index is 389. The van der Waals surface area contributed by atoms with Crippen LogP contribution in [0.5, 0.6) is 0 Å². The van der Waals surface area contributed by atoms with E-state index in [0.29, 0.717) is 18.8 Å². The van der Waals surface area contributed by atoms with Gasteiger partial charge in [-0.05, 0) is 18.0 Å². The monoisotopic (exact) mass is 268 g/mol. The number of nitrogens with zero attached hydrogens (tertiary/aromatic N) is 2. The summed E-state index contributed by atoms with van der Waals surface area (Å²) >= 11 is 10.6. The first kappa shape index (κ1) is 12.0. The zero-order valence-electron chi connectivity index (χ0n) is 8.09. The number of alkyl halides is 4. The second-order valence-corrected chi connectivity index (χ2v) is 4.73. The molecule has 16 heavy (non-hydrogen) atoms. The van der Waals surface area contributed by atoms with Crippen LogP contribution >= 0.6 is 23.2 Å². The van der Waals surface area contributed by atoms with Gasteiger partial charge in [-0.25, -0.2) is 0 Å². The fourth-order valence-corrected chi connectivity index (χ4v) is 2.06. The molecule has 0 aromatic heterocycles. The number of ketones is 1. The number of hydrogen-bond donors (Lipinski definition) is 0. The Labute approximate surface area is 101 Å². The van der Waals surface area contributed by atoms with Crippen LogP contribution in [-0.2, 0) is 4.79 Å². The molecule has 1 radical (unpaired) electrons. The lowest BCUT2D eigenvalue weighted by Gasteiger charge is -2.19. The number of piperidine rings is 1. The molecule has 0 aromatic rings. The Hall–Kier alpha value is -0.520. The van der Waals surface area contributed by atoms with Gasteiger partial charge in [-0.1, -0.05) is 4.90 Å². The minimum absolute atomic E-state index is 0.169. The molecule has 0 aliphatic carbocycles. The van der Waals surface area contributed by atoms with E-state index in [0.717, 1.165) is 12.6 Å². The molecule has 3 nitrogen and oxygen atoms in total. The van der Waals surface area contributed by atoms with Gasteiger partial charge in [0, 0.05) is 6.42 Å².